The molecule has 0 bridgehead atoms. The molecule has 0 unspecified atom stereocenters. The molecule has 0 radical (unpaired) electrons. The summed E-state index contributed by atoms with van der Waals surface area (Å²) >= 11 is 1.58. The van der Waals surface area contributed by atoms with Crippen molar-refractivity contribution in [3.05, 3.63) is 23.8 Å². The minimum atomic E-state index is 0.763. The summed E-state index contributed by atoms with van der Waals surface area (Å²) in [6.07, 6.45) is 0. The lowest BCUT2D eigenvalue weighted by Crippen LogP contribution is -2.05. The van der Waals surface area contributed by atoms with Crippen molar-refractivity contribution >= 4 is 26.7 Å². The van der Waals surface area contributed by atoms with Gasteiger partial charge in [0.25, 0.3) is 0 Å². The molecule has 0 aliphatic carbocycles. The van der Waals surface area contributed by atoms with Crippen LogP contribution in [0.2, 0.25) is 0 Å². The van der Waals surface area contributed by atoms with E-state index in [1.165, 1.54) is 10.3 Å². The number of nitrogens with zero attached hydrogens (tertiary/aromatic N) is 1. The zero-order valence-corrected chi connectivity index (χ0v) is 7.48. The maximum Gasteiger partial charge on any atom is 0.198 e. The first-order valence-corrected chi connectivity index (χ1v) is 4.45. The van der Waals surface area contributed by atoms with E-state index < -0.39 is 0 Å². The quantitative estimate of drug-likeness (QED) is 0.519. The van der Waals surface area contributed by atoms with Crippen molar-refractivity contribution in [3.8, 4) is 0 Å². The third-order valence-corrected chi connectivity index (χ3v) is 2.87. The SMILES string of the molecule is Cc1cccc2nc(NN)sc12. The molecular formula is C8H9N3S. The summed E-state index contributed by atoms with van der Waals surface area (Å²) in [6, 6.07) is 6.05. The van der Waals surface area contributed by atoms with Crippen LogP contribution in [0.3, 0.4) is 0 Å². The monoisotopic (exact) mass is 179 g/mol. The molecule has 0 saturated carbocycles. The largest absolute Gasteiger partial charge is 0.300 e. The van der Waals surface area contributed by atoms with Gasteiger partial charge in [0, 0.05) is 0 Å². The molecule has 3 N–H and O–H groups in total. The van der Waals surface area contributed by atoms with Gasteiger partial charge in [-0.05, 0) is 18.6 Å². The number of hydrazine groups is 1. The highest BCUT2D eigenvalue weighted by atomic mass is 32.1. The van der Waals surface area contributed by atoms with Gasteiger partial charge in [-0.25, -0.2) is 10.8 Å². The Morgan fingerprint density at radius 3 is 3.00 bits per heavy atom. The highest BCUT2D eigenvalue weighted by molar-refractivity contribution is 7.22. The number of hydrogen-bond donors (Lipinski definition) is 2. The van der Waals surface area contributed by atoms with Gasteiger partial charge in [-0.15, -0.1) is 0 Å². The van der Waals surface area contributed by atoms with E-state index in [2.05, 4.69) is 23.4 Å². The van der Waals surface area contributed by atoms with Gasteiger partial charge in [0.2, 0.25) is 0 Å². The summed E-state index contributed by atoms with van der Waals surface area (Å²) in [6.45, 7) is 2.07. The first-order chi connectivity index (χ1) is 5.81. The molecule has 3 nitrogen and oxygen atoms in total. The van der Waals surface area contributed by atoms with Crippen LogP contribution in [0.4, 0.5) is 5.13 Å². The lowest BCUT2D eigenvalue weighted by molar-refractivity contribution is 1.31. The van der Waals surface area contributed by atoms with Crippen LogP contribution < -0.4 is 11.3 Å². The zero-order chi connectivity index (χ0) is 8.55. The molecule has 0 fully saturated rings. The van der Waals surface area contributed by atoms with E-state index in [9.17, 15) is 0 Å². The van der Waals surface area contributed by atoms with E-state index in [0.29, 0.717) is 0 Å². The van der Waals surface area contributed by atoms with Gasteiger partial charge in [0.05, 0.1) is 10.2 Å². The number of benzene rings is 1. The average Bonchev–Trinajstić information content (AvgIpc) is 2.49. The summed E-state index contributed by atoms with van der Waals surface area (Å²) in [7, 11) is 0. The van der Waals surface area contributed by atoms with Crippen molar-refractivity contribution in [1.29, 1.82) is 0 Å². The Kier molecular flexibility index (Phi) is 1.71. The number of hydrogen-bond acceptors (Lipinski definition) is 4. The third-order valence-electron chi connectivity index (χ3n) is 1.74. The predicted molar refractivity (Wildman–Crippen MR) is 52.2 cm³/mol. The van der Waals surface area contributed by atoms with Gasteiger partial charge < -0.3 is 0 Å². The van der Waals surface area contributed by atoms with Crippen molar-refractivity contribution in [2.75, 3.05) is 5.43 Å². The number of aromatic nitrogens is 1. The number of thiazole rings is 1. The molecule has 0 atom stereocenters. The average molecular weight is 179 g/mol. The highest BCUT2D eigenvalue weighted by Crippen LogP contribution is 2.27. The number of fused-ring (bicyclic) bond motifs is 1. The molecule has 2 aromatic rings. The minimum Gasteiger partial charge on any atom is -0.300 e. The molecule has 0 aliphatic rings. The summed E-state index contributed by atoms with van der Waals surface area (Å²) in [5.74, 6) is 5.26. The lowest BCUT2D eigenvalue weighted by Gasteiger charge is -1.89. The molecule has 4 heteroatoms. The Morgan fingerprint density at radius 1 is 1.50 bits per heavy atom. The van der Waals surface area contributed by atoms with Crippen LogP contribution in [-0.4, -0.2) is 4.98 Å². The van der Waals surface area contributed by atoms with Crippen LogP contribution in [0, 0.1) is 6.92 Å². The van der Waals surface area contributed by atoms with Gasteiger partial charge in [0.1, 0.15) is 0 Å². The molecule has 1 aromatic carbocycles. The van der Waals surface area contributed by atoms with E-state index in [1.54, 1.807) is 11.3 Å². The van der Waals surface area contributed by atoms with Crippen molar-refractivity contribution in [2.24, 2.45) is 5.84 Å². The lowest BCUT2D eigenvalue weighted by atomic mass is 10.2. The van der Waals surface area contributed by atoms with Crippen LogP contribution >= 0.6 is 11.3 Å². The van der Waals surface area contributed by atoms with Crippen molar-refractivity contribution in [2.45, 2.75) is 6.92 Å². The first kappa shape index (κ1) is 7.52. The normalized spacial score (nSPS) is 10.5. The van der Waals surface area contributed by atoms with Crippen LogP contribution in [0.1, 0.15) is 5.56 Å². The predicted octanol–water partition coefficient (Wildman–Crippen LogP) is 1.89. The van der Waals surface area contributed by atoms with E-state index in [-0.39, 0.29) is 0 Å². The number of aryl methyl sites for hydroxylation is 1. The van der Waals surface area contributed by atoms with Crippen LogP contribution in [-0.2, 0) is 0 Å². The molecule has 0 spiro atoms. The van der Waals surface area contributed by atoms with Crippen molar-refractivity contribution in [3.63, 3.8) is 0 Å². The fourth-order valence-corrected chi connectivity index (χ4v) is 1.99. The number of rotatable bonds is 1. The topological polar surface area (TPSA) is 50.9 Å². The summed E-state index contributed by atoms with van der Waals surface area (Å²) < 4.78 is 1.20. The Balaban J connectivity index is 2.74. The Labute approximate surface area is 74.2 Å². The molecule has 1 heterocycles. The van der Waals surface area contributed by atoms with Crippen LogP contribution in [0.15, 0.2) is 18.2 Å². The zero-order valence-electron chi connectivity index (χ0n) is 6.66. The fourth-order valence-electron chi connectivity index (χ4n) is 1.15. The Bertz CT molecular complexity index is 408. The van der Waals surface area contributed by atoms with Crippen molar-refractivity contribution in [1.82, 2.24) is 4.98 Å². The number of anilines is 1. The van der Waals surface area contributed by atoms with Gasteiger partial charge in [0.15, 0.2) is 5.13 Å². The highest BCUT2D eigenvalue weighted by Gasteiger charge is 2.02. The second-order valence-electron chi connectivity index (χ2n) is 2.59. The molecule has 0 saturated heterocycles. The standard InChI is InChI=1S/C8H9N3S/c1-5-3-2-4-6-7(5)12-8(10-6)11-9/h2-4H,9H2,1H3,(H,10,11). The van der Waals surface area contributed by atoms with Crippen LogP contribution in [0.25, 0.3) is 10.2 Å². The van der Waals surface area contributed by atoms with E-state index in [0.717, 1.165) is 10.6 Å². The Morgan fingerprint density at radius 2 is 2.33 bits per heavy atom. The van der Waals surface area contributed by atoms with E-state index in [1.807, 2.05) is 12.1 Å². The number of nitrogens with two attached hydrogens (primary N) is 1. The van der Waals surface area contributed by atoms with Gasteiger partial charge in [-0.1, -0.05) is 23.5 Å². The molecule has 2 rings (SSSR count). The number of nitrogens with one attached hydrogen (secondary N) is 1. The third kappa shape index (κ3) is 1.05. The summed E-state index contributed by atoms with van der Waals surface area (Å²) in [5.41, 5.74) is 4.80. The summed E-state index contributed by atoms with van der Waals surface area (Å²) in [4.78, 5) is 4.27. The second-order valence-corrected chi connectivity index (χ2v) is 3.59. The van der Waals surface area contributed by atoms with Crippen LogP contribution in [0.5, 0.6) is 0 Å². The molecule has 0 aliphatic heterocycles. The van der Waals surface area contributed by atoms with Gasteiger partial charge in [-0.2, -0.15) is 0 Å². The molecule has 12 heavy (non-hydrogen) atoms. The van der Waals surface area contributed by atoms with Gasteiger partial charge >= 0.3 is 0 Å². The Hall–Kier alpha value is -1.13. The first-order valence-electron chi connectivity index (χ1n) is 3.64. The van der Waals surface area contributed by atoms with Crippen molar-refractivity contribution < 1.29 is 0 Å². The molecule has 1 aromatic heterocycles. The second kappa shape index (κ2) is 2.73. The van der Waals surface area contributed by atoms with E-state index in [4.69, 9.17) is 5.84 Å². The van der Waals surface area contributed by atoms with Gasteiger partial charge in [-0.3, -0.25) is 5.43 Å². The molecular weight excluding hydrogens is 170 g/mol. The molecule has 62 valence electrons. The maximum absolute atomic E-state index is 5.26. The fraction of sp³-hybridized carbons (Fsp3) is 0.125. The smallest absolute Gasteiger partial charge is 0.198 e. The summed E-state index contributed by atoms with van der Waals surface area (Å²) in [5, 5.41) is 0.763. The number of nitrogen functional groups attached to an aromatic ring is 1. The maximum atomic E-state index is 5.26. The van der Waals surface area contributed by atoms with E-state index >= 15 is 0 Å². The minimum absolute atomic E-state index is 0.763. The molecule has 0 amide bonds.